The molecule has 0 aliphatic carbocycles. The Morgan fingerprint density at radius 1 is 0.533 bits per heavy atom. The van der Waals surface area contributed by atoms with Gasteiger partial charge in [-0.25, -0.2) is 0 Å². The normalized spacial score (nSPS) is 11.1. The molecular weight excluding hydrogens is 380 g/mol. The van der Waals surface area contributed by atoms with Gasteiger partial charge in [-0.05, 0) is 63.6 Å². The molecule has 0 fully saturated rings. The molecule has 0 amide bonds. The predicted molar refractivity (Wildman–Crippen MR) is 135 cm³/mol. The summed E-state index contributed by atoms with van der Waals surface area (Å²) in [5.41, 5.74) is 10.0. The molecule has 0 heterocycles. The zero-order valence-electron chi connectivity index (χ0n) is 17.3. The minimum absolute atomic E-state index is 0.883. The van der Waals surface area contributed by atoms with Gasteiger partial charge >= 0.3 is 0 Å². The van der Waals surface area contributed by atoms with Crippen molar-refractivity contribution in [2.75, 3.05) is 5.75 Å². The van der Waals surface area contributed by atoms with Crippen LogP contribution in [-0.4, -0.2) is 5.75 Å². The van der Waals surface area contributed by atoms with Crippen LogP contribution in [0.5, 0.6) is 0 Å². The van der Waals surface area contributed by atoms with Crippen LogP contribution < -0.4 is 0 Å². The summed E-state index contributed by atoms with van der Waals surface area (Å²) in [4.78, 5) is 0. The maximum atomic E-state index is 4.31. The fraction of sp³-hybridized carbons (Fsp3) is 0.103. The first-order valence-electron chi connectivity index (χ1n) is 10.4. The van der Waals surface area contributed by atoms with Gasteiger partial charge in [0.25, 0.3) is 0 Å². The molecule has 0 spiro atoms. The van der Waals surface area contributed by atoms with Gasteiger partial charge in [0.1, 0.15) is 0 Å². The molecule has 30 heavy (non-hydrogen) atoms. The molecule has 0 bridgehead atoms. The fourth-order valence-corrected chi connectivity index (χ4v) is 3.94. The number of benzene rings is 4. The van der Waals surface area contributed by atoms with Crippen LogP contribution in [0, 0.1) is 0 Å². The number of hydrogen-bond donors (Lipinski definition) is 1. The second-order valence-electron chi connectivity index (χ2n) is 7.45. The summed E-state index contributed by atoms with van der Waals surface area (Å²) in [7, 11) is 0. The van der Waals surface area contributed by atoms with E-state index in [1.165, 1.54) is 44.5 Å². The summed E-state index contributed by atoms with van der Waals surface area (Å²) in [6.07, 6.45) is 5.19. The lowest BCUT2D eigenvalue weighted by atomic mass is 9.97. The summed E-state index contributed by atoms with van der Waals surface area (Å²) in [5, 5.41) is 0. The van der Waals surface area contributed by atoms with E-state index >= 15 is 0 Å². The monoisotopic (exact) mass is 406 g/mol. The quantitative estimate of drug-likeness (QED) is 0.307. The van der Waals surface area contributed by atoms with Crippen molar-refractivity contribution in [3.05, 3.63) is 114 Å². The molecular formula is C29H26S. The zero-order chi connectivity index (χ0) is 20.8. The molecule has 148 valence electrons. The van der Waals surface area contributed by atoms with Crippen molar-refractivity contribution in [2.45, 2.75) is 13.3 Å². The summed E-state index contributed by atoms with van der Waals surface area (Å²) in [6.45, 7) is 2.04. The van der Waals surface area contributed by atoms with E-state index in [-0.39, 0.29) is 0 Å². The molecule has 0 saturated heterocycles. The average Bonchev–Trinajstić information content (AvgIpc) is 2.81. The summed E-state index contributed by atoms with van der Waals surface area (Å²) in [5.74, 6) is 0.883. The SMILES string of the molecule is C/C=C/c1ccc(-c2ccc(-c3ccc(-c4ccc(CCS)cc4)cc3)cc2)cc1. The van der Waals surface area contributed by atoms with E-state index in [1.54, 1.807) is 0 Å². The molecule has 4 aromatic rings. The number of hydrogen-bond acceptors (Lipinski definition) is 1. The van der Waals surface area contributed by atoms with Crippen LogP contribution in [0.1, 0.15) is 18.1 Å². The number of thiol groups is 1. The van der Waals surface area contributed by atoms with Crippen molar-refractivity contribution in [3.8, 4) is 33.4 Å². The fourth-order valence-electron chi connectivity index (χ4n) is 3.68. The molecule has 0 nitrogen and oxygen atoms in total. The Hall–Kier alpha value is -3.03. The van der Waals surface area contributed by atoms with Gasteiger partial charge < -0.3 is 0 Å². The molecule has 4 aromatic carbocycles. The van der Waals surface area contributed by atoms with Crippen LogP contribution in [0.3, 0.4) is 0 Å². The first kappa shape index (κ1) is 20.3. The Labute approximate surface area is 185 Å². The maximum absolute atomic E-state index is 4.31. The third-order valence-corrected chi connectivity index (χ3v) is 5.62. The molecule has 0 unspecified atom stereocenters. The lowest BCUT2D eigenvalue weighted by Crippen LogP contribution is -1.86. The van der Waals surface area contributed by atoms with Gasteiger partial charge in [0.15, 0.2) is 0 Å². The van der Waals surface area contributed by atoms with Crippen LogP contribution in [-0.2, 0) is 6.42 Å². The average molecular weight is 407 g/mol. The summed E-state index contributed by atoms with van der Waals surface area (Å²) >= 11 is 4.31. The van der Waals surface area contributed by atoms with E-state index in [1.807, 2.05) is 6.92 Å². The molecule has 0 saturated carbocycles. The highest BCUT2D eigenvalue weighted by Crippen LogP contribution is 2.28. The largest absolute Gasteiger partial charge is 0.179 e. The maximum Gasteiger partial charge on any atom is -0.00574 e. The van der Waals surface area contributed by atoms with Crippen molar-refractivity contribution < 1.29 is 0 Å². The van der Waals surface area contributed by atoms with Crippen LogP contribution in [0.4, 0.5) is 0 Å². The first-order chi connectivity index (χ1) is 14.8. The lowest BCUT2D eigenvalue weighted by molar-refractivity contribution is 1.16. The van der Waals surface area contributed by atoms with Gasteiger partial charge in [-0.1, -0.05) is 109 Å². The standard InChI is InChI=1S/C29H26S/c1-2-3-22-4-8-24(9-5-22)26-12-16-28(17-13-26)29-18-14-27(15-19-29)25-10-6-23(7-11-25)20-21-30/h2-19,30H,20-21H2,1H3/b3-2+. The number of rotatable bonds is 6. The van der Waals surface area contributed by atoms with Gasteiger partial charge in [-0.3, -0.25) is 0 Å². The minimum atomic E-state index is 0.883. The van der Waals surface area contributed by atoms with Gasteiger partial charge in [-0.2, -0.15) is 12.6 Å². The highest BCUT2D eigenvalue weighted by molar-refractivity contribution is 7.80. The van der Waals surface area contributed by atoms with Gasteiger partial charge in [-0.15, -0.1) is 0 Å². The third-order valence-electron chi connectivity index (χ3n) is 5.39. The van der Waals surface area contributed by atoms with E-state index in [0.717, 1.165) is 12.2 Å². The number of allylic oxidation sites excluding steroid dienone is 1. The van der Waals surface area contributed by atoms with E-state index in [9.17, 15) is 0 Å². The highest BCUT2D eigenvalue weighted by Gasteiger charge is 2.03. The van der Waals surface area contributed by atoms with Crippen molar-refractivity contribution in [1.29, 1.82) is 0 Å². The highest BCUT2D eigenvalue weighted by atomic mass is 32.1. The van der Waals surface area contributed by atoms with Crippen LogP contribution in [0.2, 0.25) is 0 Å². The van der Waals surface area contributed by atoms with Crippen molar-refractivity contribution in [2.24, 2.45) is 0 Å². The predicted octanol–water partition coefficient (Wildman–Crippen LogP) is 8.19. The van der Waals surface area contributed by atoms with Gasteiger partial charge in [0.05, 0.1) is 0 Å². The zero-order valence-corrected chi connectivity index (χ0v) is 18.1. The molecule has 0 N–H and O–H groups in total. The lowest BCUT2D eigenvalue weighted by Gasteiger charge is -2.08. The second-order valence-corrected chi connectivity index (χ2v) is 7.89. The minimum Gasteiger partial charge on any atom is -0.179 e. The van der Waals surface area contributed by atoms with Gasteiger partial charge in [0.2, 0.25) is 0 Å². The molecule has 4 rings (SSSR count). The summed E-state index contributed by atoms with van der Waals surface area (Å²) in [6, 6.07) is 35.1. The Bertz CT molecular complexity index is 1100. The second kappa shape index (κ2) is 9.65. The third kappa shape index (κ3) is 4.75. The van der Waals surface area contributed by atoms with Gasteiger partial charge in [0, 0.05) is 0 Å². The topological polar surface area (TPSA) is 0 Å². The molecule has 0 aromatic heterocycles. The van der Waals surface area contributed by atoms with Crippen LogP contribution >= 0.6 is 12.6 Å². The molecule has 0 aliphatic rings. The van der Waals surface area contributed by atoms with Crippen molar-refractivity contribution >= 4 is 18.7 Å². The Morgan fingerprint density at radius 3 is 1.20 bits per heavy atom. The van der Waals surface area contributed by atoms with E-state index < -0.39 is 0 Å². The smallest absolute Gasteiger partial charge is 0.00574 e. The van der Waals surface area contributed by atoms with Crippen LogP contribution in [0.15, 0.2) is 103 Å². The molecule has 0 aliphatic heterocycles. The van der Waals surface area contributed by atoms with Crippen LogP contribution in [0.25, 0.3) is 39.5 Å². The van der Waals surface area contributed by atoms with Crippen molar-refractivity contribution in [1.82, 2.24) is 0 Å². The molecule has 0 radical (unpaired) electrons. The Kier molecular flexibility index (Phi) is 6.51. The first-order valence-corrected chi connectivity index (χ1v) is 11.0. The Balaban J connectivity index is 1.50. The van der Waals surface area contributed by atoms with E-state index in [4.69, 9.17) is 0 Å². The Morgan fingerprint density at radius 2 is 0.867 bits per heavy atom. The molecule has 1 heteroatoms. The molecule has 0 atom stereocenters. The van der Waals surface area contributed by atoms with E-state index in [2.05, 4.69) is 122 Å². The van der Waals surface area contributed by atoms with Crippen molar-refractivity contribution in [3.63, 3.8) is 0 Å². The van der Waals surface area contributed by atoms with E-state index in [0.29, 0.717) is 0 Å². The number of aryl methyl sites for hydroxylation is 1. The summed E-state index contributed by atoms with van der Waals surface area (Å²) < 4.78 is 0.